The van der Waals surface area contributed by atoms with Gasteiger partial charge in [0.15, 0.2) is 0 Å². The van der Waals surface area contributed by atoms with E-state index in [0.29, 0.717) is 24.2 Å². The number of nitrogens with one attached hydrogen (secondary N) is 2. The molecule has 2 unspecified atom stereocenters. The van der Waals surface area contributed by atoms with Crippen LogP contribution in [0.2, 0.25) is 0 Å². The number of hydrogen-bond donors (Lipinski definition) is 2. The van der Waals surface area contributed by atoms with Crippen LogP contribution in [0.4, 0.5) is 0 Å². The van der Waals surface area contributed by atoms with E-state index in [-0.39, 0.29) is 16.8 Å². The minimum atomic E-state index is -3.53. The Balaban J connectivity index is 1.53. The number of nitrogens with zero attached hydrogens (tertiary/aromatic N) is 1. The zero-order valence-corrected chi connectivity index (χ0v) is 14.4. The molecule has 3 fully saturated rings. The van der Waals surface area contributed by atoms with E-state index < -0.39 is 10.0 Å². The van der Waals surface area contributed by atoms with Crippen molar-refractivity contribution in [2.24, 2.45) is 0 Å². The SMILES string of the molecule is O=C(c1cccc(S(=O)(=O)NC2CC2)c1)N1CCC2CCC(C1)N2. The van der Waals surface area contributed by atoms with Crippen LogP contribution in [0.25, 0.3) is 0 Å². The summed E-state index contributed by atoms with van der Waals surface area (Å²) >= 11 is 0. The fraction of sp³-hybridized carbons (Fsp3) is 0.588. The first-order valence-electron chi connectivity index (χ1n) is 8.69. The van der Waals surface area contributed by atoms with E-state index in [4.69, 9.17) is 0 Å². The zero-order valence-electron chi connectivity index (χ0n) is 13.6. The second-order valence-electron chi connectivity index (χ2n) is 7.10. The largest absolute Gasteiger partial charge is 0.337 e. The minimum absolute atomic E-state index is 0.0570. The lowest BCUT2D eigenvalue weighted by molar-refractivity contribution is 0.0748. The Hall–Kier alpha value is -1.44. The third kappa shape index (κ3) is 3.34. The first-order valence-corrected chi connectivity index (χ1v) is 10.2. The van der Waals surface area contributed by atoms with E-state index in [1.54, 1.807) is 18.2 Å². The van der Waals surface area contributed by atoms with Crippen molar-refractivity contribution >= 4 is 15.9 Å². The van der Waals surface area contributed by atoms with Gasteiger partial charge in [-0.3, -0.25) is 4.79 Å². The fourth-order valence-corrected chi connectivity index (χ4v) is 4.95. The van der Waals surface area contributed by atoms with Crippen molar-refractivity contribution in [1.29, 1.82) is 0 Å². The molecule has 24 heavy (non-hydrogen) atoms. The molecule has 2 heterocycles. The van der Waals surface area contributed by atoms with Gasteiger partial charge in [-0.2, -0.15) is 0 Å². The molecule has 1 amide bonds. The van der Waals surface area contributed by atoms with E-state index in [1.807, 2.05) is 4.90 Å². The van der Waals surface area contributed by atoms with Crippen molar-refractivity contribution in [2.75, 3.05) is 13.1 Å². The number of likely N-dealkylation sites (tertiary alicyclic amines) is 1. The third-order valence-electron chi connectivity index (χ3n) is 5.10. The first-order chi connectivity index (χ1) is 11.5. The lowest BCUT2D eigenvalue weighted by Crippen LogP contribution is -2.39. The number of carbonyl (C=O) groups is 1. The number of rotatable bonds is 4. The van der Waals surface area contributed by atoms with Crippen LogP contribution in [0, 0.1) is 0 Å². The van der Waals surface area contributed by atoms with Crippen LogP contribution < -0.4 is 10.0 Å². The van der Waals surface area contributed by atoms with Crippen LogP contribution in [0.1, 0.15) is 42.5 Å². The summed E-state index contributed by atoms with van der Waals surface area (Å²) in [6.07, 6.45) is 5.03. The van der Waals surface area contributed by atoms with Gasteiger partial charge in [0.2, 0.25) is 10.0 Å². The van der Waals surface area contributed by atoms with Gasteiger partial charge in [0.25, 0.3) is 5.91 Å². The maximum absolute atomic E-state index is 12.8. The molecule has 4 rings (SSSR count). The molecule has 2 saturated heterocycles. The first kappa shape index (κ1) is 16.1. The quantitative estimate of drug-likeness (QED) is 0.853. The summed E-state index contributed by atoms with van der Waals surface area (Å²) in [5, 5.41) is 3.55. The Kier molecular flexibility index (Phi) is 4.10. The normalized spacial score (nSPS) is 27.1. The molecule has 130 valence electrons. The third-order valence-corrected chi connectivity index (χ3v) is 6.62. The molecule has 7 heteroatoms. The molecular weight excluding hydrogens is 326 g/mol. The average molecular weight is 349 g/mol. The van der Waals surface area contributed by atoms with Gasteiger partial charge in [-0.05, 0) is 50.3 Å². The number of benzene rings is 1. The number of fused-ring (bicyclic) bond motifs is 2. The van der Waals surface area contributed by atoms with Crippen LogP contribution in [0.15, 0.2) is 29.2 Å². The highest BCUT2D eigenvalue weighted by Gasteiger charge is 2.32. The van der Waals surface area contributed by atoms with Crippen LogP contribution in [-0.2, 0) is 10.0 Å². The predicted octanol–water partition coefficient (Wildman–Crippen LogP) is 1.09. The molecule has 0 aromatic heterocycles. The molecular formula is C17H23N3O3S. The van der Waals surface area contributed by atoms with Crippen molar-refractivity contribution in [1.82, 2.24) is 14.9 Å². The van der Waals surface area contributed by atoms with Gasteiger partial charge >= 0.3 is 0 Å². The molecule has 2 atom stereocenters. The molecule has 0 radical (unpaired) electrons. The maximum atomic E-state index is 12.8. The Morgan fingerprint density at radius 3 is 2.71 bits per heavy atom. The van der Waals surface area contributed by atoms with Crippen LogP contribution in [0.3, 0.4) is 0 Å². The summed E-state index contributed by atoms with van der Waals surface area (Å²) < 4.78 is 27.4. The van der Waals surface area contributed by atoms with Gasteiger partial charge in [-0.15, -0.1) is 0 Å². The number of hydrogen-bond acceptors (Lipinski definition) is 4. The fourth-order valence-electron chi connectivity index (χ4n) is 3.59. The highest BCUT2D eigenvalue weighted by Crippen LogP contribution is 2.24. The smallest absolute Gasteiger partial charge is 0.253 e. The van der Waals surface area contributed by atoms with Gasteiger partial charge < -0.3 is 10.2 Å². The maximum Gasteiger partial charge on any atom is 0.253 e. The van der Waals surface area contributed by atoms with E-state index in [1.165, 1.54) is 12.5 Å². The molecule has 6 nitrogen and oxygen atoms in total. The lowest BCUT2D eigenvalue weighted by Gasteiger charge is -2.24. The van der Waals surface area contributed by atoms with E-state index in [0.717, 1.165) is 32.2 Å². The Bertz CT molecular complexity index is 745. The standard InChI is InChI=1S/C17H23N3O3S/c21-17(20-9-8-13-4-7-15(11-20)18-13)12-2-1-3-16(10-12)24(22,23)19-14-5-6-14/h1-3,10,13-15,18-19H,4-9,11H2. The second kappa shape index (κ2) is 6.13. The summed E-state index contributed by atoms with van der Waals surface area (Å²) in [6, 6.07) is 7.34. The molecule has 3 aliphatic rings. The summed E-state index contributed by atoms with van der Waals surface area (Å²) in [7, 11) is -3.53. The lowest BCUT2D eigenvalue weighted by atomic mass is 10.1. The molecule has 0 spiro atoms. The van der Waals surface area contributed by atoms with E-state index >= 15 is 0 Å². The average Bonchev–Trinajstić information content (AvgIpc) is 3.28. The molecule has 1 saturated carbocycles. The topological polar surface area (TPSA) is 78.5 Å². The van der Waals surface area contributed by atoms with Crippen LogP contribution in [-0.4, -0.2) is 50.4 Å². The predicted molar refractivity (Wildman–Crippen MR) is 90.3 cm³/mol. The molecule has 1 aliphatic carbocycles. The summed E-state index contributed by atoms with van der Waals surface area (Å²) in [5.41, 5.74) is 0.450. The number of amides is 1. The highest BCUT2D eigenvalue weighted by atomic mass is 32.2. The van der Waals surface area contributed by atoms with Crippen molar-refractivity contribution < 1.29 is 13.2 Å². The van der Waals surface area contributed by atoms with Crippen molar-refractivity contribution in [3.63, 3.8) is 0 Å². The van der Waals surface area contributed by atoms with E-state index in [2.05, 4.69) is 10.0 Å². The Morgan fingerprint density at radius 1 is 1.12 bits per heavy atom. The summed E-state index contributed by atoms with van der Waals surface area (Å²) in [4.78, 5) is 14.9. The molecule has 2 N–H and O–H groups in total. The zero-order chi connectivity index (χ0) is 16.7. The molecule has 2 aliphatic heterocycles. The van der Waals surface area contributed by atoms with Crippen molar-refractivity contribution in [3.05, 3.63) is 29.8 Å². The van der Waals surface area contributed by atoms with Crippen molar-refractivity contribution in [2.45, 2.75) is 55.1 Å². The van der Waals surface area contributed by atoms with Crippen molar-refractivity contribution in [3.8, 4) is 0 Å². The monoisotopic (exact) mass is 349 g/mol. The number of sulfonamides is 1. The van der Waals surface area contributed by atoms with Gasteiger partial charge in [0.1, 0.15) is 0 Å². The van der Waals surface area contributed by atoms with Gasteiger partial charge in [-0.25, -0.2) is 13.1 Å². The summed E-state index contributed by atoms with van der Waals surface area (Å²) in [5.74, 6) is -0.0761. The van der Waals surface area contributed by atoms with Gasteiger partial charge in [0.05, 0.1) is 4.90 Å². The highest BCUT2D eigenvalue weighted by molar-refractivity contribution is 7.89. The summed E-state index contributed by atoms with van der Waals surface area (Å²) in [6.45, 7) is 1.43. The molecule has 2 bridgehead atoms. The van der Waals surface area contributed by atoms with Gasteiger partial charge in [0, 0.05) is 36.8 Å². The van der Waals surface area contributed by atoms with E-state index in [9.17, 15) is 13.2 Å². The van der Waals surface area contributed by atoms with Crippen LogP contribution in [0.5, 0.6) is 0 Å². The van der Waals surface area contributed by atoms with Gasteiger partial charge in [-0.1, -0.05) is 6.07 Å². The minimum Gasteiger partial charge on any atom is -0.337 e. The van der Waals surface area contributed by atoms with Crippen LogP contribution >= 0.6 is 0 Å². The molecule has 1 aromatic carbocycles. The second-order valence-corrected chi connectivity index (χ2v) is 8.82. The Morgan fingerprint density at radius 2 is 1.92 bits per heavy atom. The molecule has 1 aromatic rings. The Labute approximate surface area is 142 Å². The number of carbonyl (C=O) groups excluding carboxylic acids is 1.